The Hall–Kier alpha value is -4.54. The van der Waals surface area contributed by atoms with Crippen LogP contribution in [0.25, 0.3) is 11.1 Å². The number of carboxylic acid groups (broad SMARTS) is 1. The van der Waals surface area contributed by atoms with Gasteiger partial charge in [-0.2, -0.15) is 0 Å². The fourth-order valence-electron chi connectivity index (χ4n) is 3.69. The first-order valence-corrected chi connectivity index (χ1v) is 11.3. The average molecular weight is 493 g/mol. The fraction of sp³-hybridized carbons (Fsp3) is 0.280. The van der Waals surface area contributed by atoms with Gasteiger partial charge in [0, 0.05) is 24.4 Å². The number of hydrogen-bond donors (Lipinski definition) is 4. The van der Waals surface area contributed by atoms with Crippen molar-refractivity contribution in [2.45, 2.75) is 25.3 Å². The first-order chi connectivity index (χ1) is 17.2. The van der Waals surface area contributed by atoms with Crippen LogP contribution in [0, 0.1) is 5.92 Å². The van der Waals surface area contributed by atoms with Gasteiger partial charge in [-0.15, -0.1) is 0 Å². The van der Waals surface area contributed by atoms with E-state index in [2.05, 4.69) is 25.6 Å². The maximum absolute atomic E-state index is 12.9. The van der Waals surface area contributed by atoms with E-state index < -0.39 is 34.8 Å². The Morgan fingerprint density at radius 2 is 1.83 bits per heavy atom. The zero-order valence-electron chi connectivity index (χ0n) is 19.8. The van der Waals surface area contributed by atoms with Crippen molar-refractivity contribution in [1.29, 1.82) is 0 Å². The standard InChI is InChI=1S/C25H25N5O6/c1-14(24(34)35)11-28-23(33)20-27-13-18(21(31)29-20)22(32)30-25(9-10-25)17-6-3-15(4-7-17)16-5-8-19(36-2)26-12-16/h3-8,12-14H,9-11H2,1-2H3,(H,28,33)(H,30,32)(H,34,35)(H,27,29,31)/p+1. The van der Waals surface area contributed by atoms with Gasteiger partial charge in [0.05, 0.1) is 18.6 Å². The first kappa shape index (κ1) is 24.6. The van der Waals surface area contributed by atoms with Crippen molar-refractivity contribution in [2.24, 2.45) is 5.92 Å². The van der Waals surface area contributed by atoms with E-state index in [4.69, 9.17) is 9.84 Å². The lowest BCUT2D eigenvalue weighted by atomic mass is 10.00. The lowest BCUT2D eigenvalue weighted by molar-refractivity contribution is -0.387. The number of H-pyrrole nitrogens is 2. The van der Waals surface area contributed by atoms with Crippen LogP contribution in [0.1, 0.15) is 46.3 Å². The second-order valence-electron chi connectivity index (χ2n) is 8.68. The Kier molecular flexibility index (Phi) is 6.82. The highest BCUT2D eigenvalue weighted by atomic mass is 16.5. The van der Waals surface area contributed by atoms with Crippen LogP contribution >= 0.6 is 0 Å². The fourth-order valence-corrected chi connectivity index (χ4v) is 3.69. The summed E-state index contributed by atoms with van der Waals surface area (Å²) >= 11 is 0. The van der Waals surface area contributed by atoms with Crippen molar-refractivity contribution in [3.8, 4) is 17.0 Å². The van der Waals surface area contributed by atoms with Gasteiger partial charge in [0.1, 0.15) is 6.20 Å². The minimum atomic E-state index is -1.05. The third-order valence-corrected chi connectivity index (χ3v) is 6.13. The smallest absolute Gasteiger partial charge is 0.348 e. The number of amides is 2. The van der Waals surface area contributed by atoms with Crippen LogP contribution in [-0.2, 0) is 10.3 Å². The molecule has 1 aliphatic carbocycles. The summed E-state index contributed by atoms with van der Waals surface area (Å²) in [5, 5.41) is 14.3. The van der Waals surface area contributed by atoms with Gasteiger partial charge in [-0.1, -0.05) is 31.2 Å². The highest BCUT2D eigenvalue weighted by molar-refractivity contribution is 5.95. The highest BCUT2D eigenvalue weighted by Gasteiger charge is 2.46. The number of rotatable bonds is 9. The topological polar surface area (TPSA) is 165 Å². The van der Waals surface area contributed by atoms with Crippen molar-refractivity contribution in [3.05, 3.63) is 76.1 Å². The van der Waals surface area contributed by atoms with Crippen molar-refractivity contribution >= 4 is 17.8 Å². The van der Waals surface area contributed by atoms with Crippen molar-refractivity contribution < 1.29 is 29.2 Å². The van der Waals surface area contributed by atoms with Crippen LogP contribution in [0.5, 0.6) is 5.88 Å². The lowest BCUT2D eigenvalue weighted by Crippen LogP contribution is -2.42. The number of hydrogen-bond acceptors (Lipinski definition) is 6. The molecule has 2 aromatic heterocycles. The average Bonchev–Trinajstić information content (AvgIpc) is 3.67. The van der Waals surface area contributed by atoms with Gasteiger partial charge in [0.15, 0.2) is 5.56 Å². The molecule has 3 aromatic rings. The molecule has 1 aromatic carbocycles. The number of carboxylic acids is 1. The SMILES string of the molecule is COc1ccc(-c2ccc(C3(NC(=O)c4c[nH+]c(C(=O)NCC(C)C(=O)O)[nH]c4=O)CC3)cc2)cn1. The number of aromatic amines is 2. The number of nitrogens with zero attached hydrogens (tertiary/aromatic N) is 1. The molecule has 11 nitrogen and oxygen atoms in total. The monoisotopic (exact) mass is 492 g/mol. The lowest BCUT2D eigenvalue weighted by Gasteiger charge is -2.18. The van der Waals surface area contributed by atoms with Gasteiger partial charge in [0.2, 0.25) is 5.88 Å². The maximum atomic E-state index is 12.9. The Labute approximate surface area is 206 Å². The number of benzene rings is 1. The molecule has 2 heterocycles. The van der Waals surface area contributed by atoms with Gasteiger partial charge in [-0.25, -0.2) is 19.7 Å². The second-order valence-corrected chi connectivity index (χ2v) is 8.68. The predicted molar refractivity (Wildman–Crippen MR) is 127 cm³/mol. The third kappa shape index (κ3) is 5.24. The Balaban J connectivity index is 1.43. The first-order valence-electron chi connectivity index (χ1n) is 11.3. The summed E-state index contributed by atoms with van der Waals surface area (Å²) in [5.74, 6) is -2.75. The molecule has 186 valence electrons. The van der Waals surface area contributed by atoms with Crippen LogP contribution in [0.3, 0.4) is 0 Å². The van der Waals surface area contributed by atoms with Gasteiger partial charge in [0.25, 0.3) is 5.91 Å². The predicted octanol–water partition coefficient (Wildman–Crippen LogP) is 1.13. The number of aromatic nitrogens is 3. The Morgan fingerprint density at radius 1 is 1.14 bits per heavy atom. The number of aliphatic carboxylic acids is 1. The molecule has 1 fully saturated rings. The van der Waals surface area contributed by atoms with Gasteiger partial charge < -0.3 is 20.5 Å². The molecule has 0 aliphatic heterocycles. The number of ether oxygens (including phenoxy) is 1. The highest BCUT2D eigenvalue weighted by Crippen LogP contribution is 2.46. The van der Waals surface area contributed by atoms with Crippen molar-refractivity contribution in [1.82, 2.24) is 20.6 Å². The summed E-state index contributed by atoms with van der Waals surface area (Å²) in [4.78, 5) is 57.6. The molecule has 11 heteroatoms. The summed E-state index contributed by atoms with van der Waals surface area (Å²) < 4.78 is 5.09. The number of pyridine rings is 1. The molecular weight excluding hydrogens is 466 g/mol. The molecule has 0 saturated heterocycles. The van der Waals surface area contributed by atoms with E-state index in [1.165, 1.54) is 13.1 Å². The zero-order valence-corrected chi connectivity index (χ0v) is 19.8. The Morgan fingerprint density at radius 3 is 2.39 bits per heavy atom. The van der Waals surface area contributed by atoms with E-state index >= 15 is 0 Å². The van der Waals surface area contributed by atoms with Crippen LogP contribution in [-0.4, -0.2) is 46.5 Å². The molecule has 0 spiro atoms. The third-order valence-electron chi connectivity index (χ3n) is 6.13. The summed E-state index contributed by atoms with van der Waals surface area (Å²) in [6.07, 6.45) is 4.35. The van der Waals surface area contributed by atoms with Crippen molar-refractivity contribution in [3.63, 3.8) is 0 Å². The van der Waals surface area contributed by atoms with Gasteiger partial charge in [-0.05, 0) is 30.0 Å². The van der Waals surface area contributed by atoms with E-state index in [9.17, 15) is 19.2 Å². The number of carbonyl (C=O) groups excluding carboxylic acids is 2. The minimum absolute atomic E-state index is 0.109. The van der Waals surface area contributed by atoms with Crippen molar-refractivity contribution in [2.75, 3.05) is 13.7 Å². The molecule has 1 saturated carbocycles. The molecule has 1 unspecified atom stereocenters. The summed E-state index contributed by atoms with van der Waals surface area (Å²) in [6, 6.07) is 11.5. The Bertz CT molecular complexity index is 1350. The quantitative estimate of drug-likeness (QED) is 0.348. The largest absolute Gasteiger partial charge is 0.481 e. The summed E-state index contributed by atoms with van der Waals surface area (Å²) in [7, 11) is 1.56. The van der Waals surface area contributed by atoms with Crippen LogP contribution in [0.4, 0.5) is 0 Å². The molecule has 1 aliphatic rings. The molecule has 0 bridgehead atoms. The number of nitrogens with one attached hydrogen (secondary N) is 4. The number of carbonyl (C=O) groups is 3. The molecule has 0 radical (unpaired) electrons. The molecule has 1 atom stereocenters. The summed E-state index contributed by atoms with van der Waals surface area (Å²) in [5.41, 5.74) is 1.35. The molecule has 36 heavy (non-hydrogen) atoms. The van der Waals surface area contributed by atoms with Gasteiger partial charge in [-0.3, -0.25) is 14.4 Å². The molecule has 5 N–H and O–H groups in total. The summed E-state index contributed by atoms with van der Waals surface area (Å²) in [6.45, 7) is 1.34. The minimum Gasteiger partial charge on any atom is -0.481 e. The van der Waals surface area contributed by atoms with Gasteiger partial charge >= 0.3 is 23.3 Å². The van der Waals surface area contributed by atoms with E-state index in [1.54, 1.807) is 19.4 Å². The maximum Gasteiger partial charge on any atom is 0.348 e. The van der Waals surface area contributed by atoms with E-state index in [0.717, 1.165) is 29.5 Å². The normalized spacial score (nSPS) is 14.4. The second kappa shape index (κ2) is 9.98. The molecular formula is C25H26N5O6+. The van der Waals surface area contributed by atoms with Crippen LogP contribution in [0.15, 0.2) is 53.6 Å². The van der Waals surface area contributed by atoms with Crippen LogP contribution < -0.4 is 25.9 Å². The van der Waals surface area contributed by atoms with E-state index in [0.29, 0.717) is 5.88 Å². The van der Waals surface area contributed by atoms with Crippen LogP contribution in [0.2, 0.25) is 0 Å². The molecule has 2 amide bonds. The zero-order chi connectivity index (χ0) is 25.9. The van der Waals surface area contributed by atoms with E-state index in [-0.39, 0.29) is 17.9 Å². The van der Waals surface area contributed by atoms with E-state index in [1.807, 2.05) is 30.3 Å². The molecule has 4 rings (SSSR count). The number of methoxy groups -OCH3 is 1.